The van der Waals surface area contributed by atoms with Gasteiger partial charge in [-0.2, -0.15) is 5.26 Å². The Morgan fingerprint density at radius 3 is 2.78 bits per heavy atom. The van der Waals surface area contributed by atoms with E-state index in [1.807, 2.05) is 30.3 Å². The number of carbonyl (C=O) groups is 1. The molecule has 1 aliphatic rings. The van der Waals surface area contributed by atoms with Crippen LogP contribution in [0.25, 0.3) is 0 Å². The van der Waals surface area contributed by atoms with Gasteiger partial charge in [-0.15, -0.1) is 0 Å². The molecule has 1 aromatic carbocycles. The summed E-state index contributed by atoms with van der Waals surface area (Å²) in [6, 6.07) is 9.44. The second-order valence-electron chi connectivity index (χ2n) is 5.11. The van der Waals surface area contributed by atoms with Crippen molar-refractivity contribution in [2.24, 2.45) is 0 Å². The summed E-state index contributed by atoms with van der Waals surface area (Å²) in [5.74, 6) is 0.218. The average Bonchev–Trinajstić information content (AvgIpc) is 3.04. The molecule has 1 atom stereocenters. The maximum atomic E-state index is 12.5. The minimum Gasteiger partial charge on any atom is -0.470 e. The fraction of sp³-hybridized carbons (Fsp3) is 0.250. The number of ether oxygens (including phenoxy) is 1. The Bertz CT molecular complexity index is 757. The third-order valence-corrected chi connectivity index (χ3v) is 4.29. The van der Waals surface area contributed by atoms with Crippen molar-refractivity contribution in [3.05, 3.63) is 51.5 Å². The molecule has 1 aromatic heterocycles. The number of likely N-dealkylation sites (tertiary alicyclic amines) is 1. The van der Waals surface area contributed by atoms with Crippen molar-refractivity contribution in [2.45, 2.75) is 12.5 Å². The highest BCUT2D eigenvalue weighted by molar-refractivity contribution is 14.1. The van der Waals surface area contributed by atoms with Gasteiger partial charge in [0.25, 0.3) is 11.8 Å². The summed E-state index contributed by atoms with van der Waals surface area (Å²) in [7, 11) is 0. The Morgan fingerprint density at radius 1 is 1.30 bits per heavy atom. The minimum atomic E-state index is -0.174. The number of hydrogen-bond acceptors (Lipinski definition) is 5. The molecule has 0 aliphatic carbocycles. The van der Waals surface area contributed by atoms with Crippen LogP contribution in [-0.2, 0) is 0 Å². The van der Waals surface area contributed by atoms with Crippen LogP contribution in [0.15, 0.2) is 36.7 Å². The van der Waals surface area contributed by atoms with Gasteiger partial charge in [-0.3, -0.25) is 4.79 Å². The molecule has 23 heavy (non-hydrogen) atoms. The normalized spacial score (nSPS) is 16.9. The second kappa shape index (κ2) is 6.91. The highest BCUT2D eigenvalue weighted by Crippen LogP contribution is 2.20. The fourth-order valence-corrected chi connectivity index (χ4v) is 2.79. The third kappa shape index (κ3) is 3.59. The van der Waals surface area contributed by atoms with E-state index in [-0.39, 0.29) is 23.6 Å². The summed E-state index contributed by atoms with van der Waals surface area (Å²) >= 11 is 2.21. The molecule has 1 fully saturated rings. The van der Waals surface area contributed by atoms with Crippen LogP contribution >= 0.6 is 22.6 Å². The summed E-state index contributed by atoms with van der Waals surface area (Å²) in [6.45, 7) is 1.10. The largest absolute Gasteiger partial charge is 0.470 e. The van der Waals surface area contributed by atoms with Gasteiger partial charge in [-0.1, -0.05) is 0 Å². The van der Waals surface area contributed by atoms with E-state index < -0.39 is 0 Å². The van der Waals surface area contributed by atoms with Gasteiger partial charge >= 0.3 is 0 Å². The number of benzene rings is 1. The molecule has 6 nitrogen and oxygen atoms in total. The van der Waals surface area contributed by atoms with Crippen LogP contribution in [0.5, 0.6) is 5.88 Å². The van der Waals surface area contributed by atoms with Crippen LogP contribution in [0.1, 0.15) is 22.5 Å². The molecule has 2 heterocycles. The van der Waals surface area contributed by atoms with Crippen LogP contribution < -0.4 is 4.74 Å². The van der Waals surface area contributed by atoms with Crippen molar-refractivity contribution >= 4 is 28.5 Å². The van der Waals surface area contributed by atoms with Crippen molar-refractivity contribution in [3.8, 4) is 11.9 Å². The lowest BCUT2D eigenvalue weighted by atomic mass is 10.2. The molecule has 2 aromatic rings. The lowest BCUT2D eigenvalue weighted by Gasteiger charge is -2.17. The summed E-state index contributed by atoms with van der Waals surface area (Å²) in [6.07, 6.45) is 3.47. The van der Waals surface area contributed by atoms with Crippen LogP contribution in [-0.4, -0.2) is 40.0 Å². The zero-order chi connectivity index (χ0) is 16.2. The number of nitriles is 1. The topological polar surface area (TPSA) is 79.1 Å². The predicted octanol–water partition coefficient (Wildman–Crippen LogP) is 2.25. The Hall–Kier alpha value is -2.21. The quantitative estimate of drug-likeness (QED) is 0.712. The van der Waals surface area contributed by atoms with Crippen LogP contribution in [0.4, 0.5) is 0 Å². The number of hydrogen-bond donors (Lipinski definition) is 0. The molecular formula is C16H13IN4O2. The molecule has 1 saturated heterocycles. The molecule has 0 bridgehead atoms. The summed E-state index contributed by atoms with van der Waals surface area (Å²) in [5, 5.41) is 9.01. The van der Waals surface area contributed by atoms with E-state index in [9.17, 15) is 4.79 Å². The molecule has 0 saturated carbocycles. The predicted molar refractivity (Wildman–Crippen MR) is 90.8 cm³/mol. The van der Waals surface area contributed by atoms with Crippen molar-refractivity contribution in [1.82, 2.24) is 14.9 Å². The van der Waals surface area contributed by atoms with Crippen LogP contribution in [0, 0.1) is 14.9 Å². The minimum absolute atomic E-state index is 0.00727. The van der Waals surface area contributed by atoms with E-state index >= 15 is 0 Å². The van der Waals surface area contributed by atoms with Gasteiger partial charge in [0.05, 0.1) is 6.54 Å². The molecule has 116 valence electrons. The monoisotopic (exact) mass is 420 g/mol. The molecule has 3 rings (SSSR count). The average molecular weight is 420 g/mol. The number of halogens is 1. The van der Waals surface area contributed by atoms with Crippen LogP contribution in [0.2, 0.25) is 0 Å². The fourth-order valence-electron chi connectivity index (χ4n) is 2.43. The Balaban J connectivity index is 1.65. The molecule has 1 unspecified atom stereocenters. The van der Waals surface area contributed by atoms with Crippen LogP contribution in [0.3, 0.4) is 0 Å². The smallest absolute Gasteiger partial charge is 0.253 e. The van der Waals surface area contributed by atoms with E-state index in [2.05, 4.69) is 32.6 Å². The Labute approximate surface area is 147 Å². The van der Waals surface area contributed by atoms with Gasteiger partial charge < -0.3 is 9.64 Å². The number of rotatable bonds is 3. The van der Waals surface area contributed by atoms with Gasteiger partial charge in [0.1, 0.15) is 12.2 Å². The molecule has 0 radical (unpaired) electrons. The molecule has 0 N–H and O–H groups in total. The van der Waals surface area contributed by atoms with Gasteiger partial charge in [0, 0.05) is 34.5 Å². The van der Waals surface area contributed by atoms with Crippen molar-refractivity contribution < 1.29 is 9.53 Å². The first-order valence-corrected chi connectivity index (χ1v) is 8.18. The first-order valence-electron chi connectivity index (χ1n) is 7.10. The summed E-state index contributed by atoms with van der Waals surface area (Å²) < 4.78 is 6.83. The number of carbonyl (C=O) groups excluding carboxylic acids is 1. The molecule has 7 heteroatoms. The van der Waals surface area contributed by atoms with Crippen molar-refractivity contribution in [2.75, 3.05) is 13.1 Å². The highest BCUT2D eigenvalue weighted by atomic mass is 127. The van der Waals surface area contributed by atoms with Gasteiger partial charge in [-0.05, 0) is 46.9 Å². The van der Waals surface area contributed by atoms with E-state index in [0.29, 0.717) is 25.1 Å². The highest BCUT2D eigenvalue weighted by Gasteiger charge is 2.29. The summed E-state index contributed by atoms with van der Waals surface area (Å²) in [5.41, 5.74) is 0.832. The SMILES string of the molecule is N#Cc1nccnc1OC1CCN(C(=O)c2ccc(I)cc2)C1. The van der Waals surface area contributed by atoms with Gasteiger partial charge in [-0.25, -0.2) is 9.97 Å². The molecule has 1 aliphatic heterocycles. The Morgan fingerprint density at radius 2 is 2.04 bits per heavy atom. The number of nitrogens with zero attached hydrogens (tertiary/aromatic N) is 4. The van der Waals surface area contributed by atoms with E-state index in [1.54, 1.807) is 4.90 Å². The first-order chi connectivity index (χ1) is 11.2. The maximum Gasteiger partial charge on any atom is 0.253 e. The van der Waals surface area contributed by atoms with E-state index in [1.165, 1.54) is 12.4 Å². The van der Waals surface area contributed by atoms with E-state index in [0.717, 1.165) is 3.57 Å². The lowest BCUT2D eigenvalue weighted by molar-refractivity contribution is 0.0771. The van der Waals surface area contributed by atoms with Crippen molar-refractivity contribution in [1.29, 1.82) is 5.26 Å². The zero-order valence-electron chi connectivity index (χ0n) is 12.1. The van der Waals surface area contributed by atoms with Crippen molar-refractivity contribution in [3.63, 3.8) is 0 Å². The second-order valence-corrected chi connectivity index (χ2v) is 6.35. The van der Waals surface area contributed by atoms with Gasteiger partial charge in [0.2, 0.25) is 5.69 Å². The molecular weight excluding hydrogens is 407 g/mol. The van der Waals surface area contributed by atoms with E-state index in [4.69, 9.17) is 10.00 Å². The first kappa shape index (κ1) is 15.7. The molecule has 0 spiro atoms. The third-order valence-electron chi connectivity index (χ3n) is 3.57. The zero-order valence-corrected chi connectivity index (χ0v) is 14.3. The Kier molecular flexibility index (Phi) is 4.71. The number of aromatic nitrogens is 2. The molecule has 1 amide bonds. The van der Waals surface area contributed by atoms with Gasteiger partial charge in [0.15, 0.2) is 0 Å². The maximum absolute atomic E-state index is 12.5. The summed E-state index contributed by atoms with van der Waals surface area (Å²) in [4.78, 5) is 22.2. The number of amides is 1. The lowest BCUT2D eigenvalue weighted by Crippen LogP contribution is -2.31. The standard InChI is InChI=1S/C16H13IN4O2/c17-12-3-1-11(2-4-12)16(22)21-8-5-13(10-21)23-15-14(9-18)19-6-7-20-15/h1-4,6-7,13H,5,8,10H2.